The first kappa shape index (κ1) is 11.5. The van der Waals surface area contributed by atoms with Crippen molar-refractivity contribution in [1.82, 2.24) is 15.5 Å². The second-order valence-electron chi connectivity index (χ2n) is 3.20. The van der Waals surface area contributed by atoms with Gasteiger partial charge in [-0.15, -0.1) is 0 Å². The number of nitrogens with two attached hydrogens (primary N) is 1. The molecule has 0 aliphatic rings. The van der Waals surface area contributed by atoms with E-state index in [0.29, 0.717) is 5.69 Å². The van der Waals surface area contributed by atoms with Gasteiger partial charge in [0.1, 0.15) is 18.0 Å². The molecule has 0 spiro atoms. The lowest BCUT2D eigenvalue weighted by Gasteiger charge is -2.16. The third-order valence-electron chi connectivity index (χ3n) is 1.86. The summed E-state index contributed by atoms with van der Waals surface area (Å²) >= 11 is 0. The highest BCUT2D eigenvalue weighted by Crippen LogP contribution is 2.15. The molecule has 1 aromatic heterocycles. The first-order valence-corrected chi connectivity index (χ1v) is 4.42. The Hall–Kier alpha value is -1.60. The highest BCUT2D eigenvalue weighted by atomic mass is 16.3. The van der Waals surface area contributed by atoms with Gasteiger partial charge in [0.2, 0.25) is 5.91 Å². The molecule has 0 saturated carbocycles. The number of carbonyl (C=O) groups is 1. The van der Waals surface area contributed by atoms with Gasteiger partial charge in [-0.1, -0.05) is 0 Å². The van der Waals surface area contributed by atoms with Crippen molar-refractivity contribution in [2.75, 3.05) is 12.3 Å². The molecule has 1 rings (SSSR count). The van der Waals surface area contributed by atoms with Gasteiger partial charge < -0.3 is 21.3 Å². The molecule has 15 heavy (non-hydrogen) atoms. The van der Waals surface area contributed by atoms with Gasteiger partial charge in [-0.05, 0) is 0 Å². The minimum Gasteiger partial charge on any atom is -0.388 e. The van der Waals surface area contributed by atoms with Crippen LogP contribution in [-0.4, -0.2) is 39.0 Å². The molecular formula is C8H14N4O3. The van der Waals surface area contributed by atoms with Gasteiger partial charge in [-0.3, -0.25) is 9.89 Å². The molecule has 1 aromatic rings. The van der Waals surface area contributed by atoms with E-state index in [1.54, 1.807) is 0 Å². The summed E-state index contributed by atoms with van der Waals surface area (Å²) in [6.45, 7) is 1.29. The number of aliphatic hydroxyl groups is 2. The van der Waals surface area contributed by atoms with Crippen molar-refractivity contribution in [3.05, 3.63) is 11.8 Å². The van der Waals surface area contributed by atoms with Crippen LogP contribution in [0, 0.1) is 0 Å². The standard InChI is InChI=1S/C8H14N4O3/c1-4(13)10-3-6(14)8(15)5-2-7(9)12-11-5/h2,6,8,14-15H,3H2,1H3,(H,10,13)(H3,9,11,12). The molecule has 0 radical (unpaired) electrons. The SMILES string of the molecule is CC(=O)NCC(O)C(O)c1cc(N)n[nH]1. The lowest BCUT2D eigenvalue weighted by molar-refractivity contribution is -0.119. The van der Waals surface area contributed by atoms with Gasteiger partial charge in [0.25, 0.3) is 0 Å². The predicted octanol–water partition coefficient (Wildman–Crippen LogP) is -1.48. The number of hydrogen-bond donors (Lipinski definition) is 5. The van der Waals surface area contributed by atoms with Crippen molar-refractivity contribution >= 4 is 11.7 Å². The minimum atomic E-state index is -1.15. The van der Waals surface area contributed by atoms with Crippen LogP contribution in [0.2, 0.25) is 0 Å². The highest BCUT2D eigenvalue weighted by molar-refractivity contribution is 5.72. The van der Waals surface area contributed by atoms with Crippen LogP contribution in [0.25, 0.3) is 0 Å². The van der Waals surface area contributed by atoms with E-state index in [1.165, 1.54) is 13.0 Å². The van der Waals surface area contributed by atoms with E-state index in [-0.39, 0.29) is 18.3 Å². The van der Waals surface area contributed by atoms with Crippen molar-refractivity contribution in [3.8, 4) is 0 Å². The maximum absolute atomic E-state index is 10.6. The number of aromatic nitrogens is 2. The fourth-order valence-electron chi connectivity index (χ4n) is 1.07. The van der Waals surface area contributed by atoms with E-state index < -0.39 is 12.2 Å². The summed E-state index contributed by atoms with van der Waals surface area (Å²) < 4.78 is 0. The first-order valence-electron chi connectivity index (χ1n) is 4.42. The Morgan fingerprint density at radius 1 is 1.73 bits per heavy atom. The second-order valence-corrected chi connectivity index (χ2v) is 3.20. The normalized spacial score (nSPS) is 14.6. The van der Waals surface area contributed by atoms with Gasteiger partial charge in [0.05, 0.1) is 5.69 Å². The molecule has 0 fully saturated rings. The lowest BCUT2D eigenvalue weighted by Crippen LogP contribution is -2.34. The van der Waals surface area contributed by atoms with Crippen LogP contribution in [0.4, 0.5) is 5.82 Å². The number of amides is 1. The maximum Gasteiger partial charge on any atom is 0.216 e. The number of rotatable bonds is 4. The van der Waals surface area contributed by atoms with Crippen molar-refractivity contribution in [1.29, 1.82) is 0 Å². The molecular weight excluding hydrogens is 200 g/mol. The third-order valence-corrected chi connectivity index (χ3v) is 1.86. The van der Waals surface area contributed by atoms with Gasteiger partial charge in [-0.25, -0.2) is 0 Å². The predicted molar refractivity (Wildman–Crippen MR) is 52.7 cm³/mol. The van der Waals surface area contributed by atoms with Gasteiger partial charge in [-0.2, -0.15) is 5.10 Å². The Labute approximate surface area is 86.3 Å². The molecule has 1 heterocycles. The number of anilines is 1. The quantitative estimate of drug-likeness (QED) is 0.418. The van der Waals surface area contributed by atoms with E-state index in [1.807, 2.05) is 0 Å². The summed E-state index contributed by atoms with van der Waals surface area (Å²) in [6, 6.07) is 1.42. The van der Waals surface area contributed by atoms with Crippen molar-refractivity contribution in [2.24, 2.45) is 0 Å². The number of aromatic amines is 1. The average Bonchev–Trinajstić information content (AvgIpc) is 2.60. The second kappa shape index (κ2) is 4.76. The molecule has 1 amide bonds. The zero-order chi connectivity index (χ0) is 11.4. The van der Waals surface area contributed by atoms with E-state index in [9.17, 15) is 15.0 Å². The van der Waals surface area contributed by atoms with Gasteiger partial charge in [0.15, 0.2) is 0 Å². The van der Waals surface area contributed by atoms with E-state index in [2.05, 4.69) is 15.5 Å². The monoisotopic (exact) mass is 214 g/mol. The summed E-state index contributed by atoms with van der Waals surface area (Å²) in [6.07, 6.45) is -2.25. The summed E-state index contributed by atoms with van der Waals surface area (Å²) in [5.74, 6) is -0.0406. The minimum absolute atomic E-state index is 0.0323. The van der Waals surface area contributed by atoms with Crippen LogP contribution >= 0.6 is 0 Å². The maximum atomic E-state index is 10.6. The zero-order valence-corrected chi connectivity index (χ0v) is 8.27. The number of H-pyrrole nitrogens is 1. The molecule has 7 nitrogen and oxygen atoms in total. The summed E-state index contributed by atoms with van der Waals surface area (Å²) in [4.78, 5) is 10.6. The molecule has 6 N–H and O–H groups in total. The van der Waals surface area contributed by atoms with Crippen LogP contribution in [-0.2, 0) is 4.79 Å². The van der Waals surface area contributed by atoms with Crippen LogP contribution < -0.4 is 11.1 Å². The number of hydrogen-bond acceptors (Lipinski definition) is 5. The smallest absolute Gasteiger partial charge is 0.216 e. The zero-order valence-electron chi connectivity index (χ0n) is 8.27. The molecule has 2 unspecified atom stereocenters. The fraction of sp³-hybridized carbons (Fsp3) is 0.500. The largest absolute Gasteiger partial charge is 0.388 e. The Morgan fingerprint density at radius 3 is 2.87 bits per heavy atom. The summed E-state index contributed by atoms with van der Waals surface area (Å²) in [5.41, 5.74) is 5.64. The van der Waals surface area contributed by atoms with Crippen molar-refractivity contribution in [2.45, 2.75) is 19.1 Å². The van der Waals surface area contributed by atoms with Crippen molar-refractivity contribution < 1.29 is 15.0 Å². The number of nitrogens with one attached hydrogen (secondary N) is 2. The Kier molecular flexibility index (Phi) is 3.64. The molecule has 0 aromatic carbocycles. The Balaban J connectivity index is 2.52. The molecule has 0 saturated heterocycles. The van der Waals surface area contributed by atoms with E-state index in [4.69, 9.17) is 5.73 Å². The molecule has 0 aliphatic heterocycles. The van der Waals surface area contributed by atoms with Gasteiger partial charge >= 0.3 is 0 Å². The van der Waals surface area contributed by atoms with Crippen LogP contribution in [0.15, 0.2) is 6.07 Å². The number of nitrogens with zero attached hydrogens (tertiary/aromatic N) is 1. The third kappa shape index (κ3) is 3.22. The number of nitrogen functional groups attached to an aromatic ring is 1. The topological polar surface area (TPSA) is 124 Å². The van der Waals surface area contributed by atoms with Crippen molar-refractivity contribution in [3.63, 3.8) is 0 Å². The molecule has 7 heteroatoms. The highest BCUT2D eigenvalue weighted by Gasteiger charge is 2.20. The molecule has 2 atom stereocenters. The van der Waals surface area contributed by atoms with Crippen LogP contribution in [0.3, 0.4) is 0 Å². The molecule has 0 bridgehead atoms. The van der Waals surface area contributed by atoms with E-state index >= 15 is 0 Å². The average molecular weight is 214 g/mol. The summed E-state index contributed by atoms with van der Waals surface area (Å²) in [7, 11) is 0. The summed E-state index contributed by atoms with van der Waals surface area (Å²) in [5, 5.41) is 27.5. The Bertz CT molecular complexity index is 338. The lowest BCUT2D eigenvalue weighted by atomic mass is 10.1. The van der Waals surface area contributed by atoms with E-state index in [0.717, 1.165) is 0 Å². The Morgan fingerprint density at radius 2 is 2.40 bits per heavy atom. The number of aliphatic hydroxyl groups excluding tert-OH is 2. The number of carbonyl (C=O) groups excluding carboxylic acids is 1. The molecule has 0 aliphatic carbocycles. The molecule has 84 valence electrons. The first-order chi connectivity index (χ1) is 7.00. The van der Waals surface area contributed by atoms with Gasteiger partial charge in [0, 0.05) is 19.5 Å². The fourth-order valence-corrected chi connectivity index (χ4v) is 1.07. The van der Waals surface area contributed by atoms with Crippen LogP contribution in [0.1, 0.15) is 18.7 Å². The van der Waals surface area contributed by atoms with Crippen LogP contribution in [0.5, 0.6) is 0 Å².